The van der Waals surface area contributed by atoms with Crippen LogP contribution in [0.2, 0.25) is 0 Å². The van der Waals surface area contributed by atoms with Gasteiger partial charge in [0, 0.05) is 55.3 Å². The Morgan fingerprint density at radius 3 is 2.50 bits per heavy atom. The number of aromatic nitrogens is 4. The number of hydrogen-bond donors (Lipinski definition) is 0. The third-order valence-electron chi connectivity index (χ3n) is 9.33. The maximum absolute atomic E-state index is 5.10. The summed E-state index contributed by atoms with van der Waals surface area (Å²) >= 11 is 1.83. The Balaban J connectivity index is 1.17. The lowest BCUT2D eigenvalue weighted by atomic mass is 9.92. The van der Waals surface area contributed by atoms with E-state index in [2.05, 4.69) is 115 Å². The Bertz CT molecular complexity index is 2310. The number of hydrogen-bond acceptors (Lipinski definition) is 6. The van der Waals surface area contributed by atoms with Crippen LogP contribution in [0.3, 0.4) is 0 Å². The van der Waals surface area contributed by atoms with Gasteiger partial charge in [-0.1, -0.05) is 67.6 Å². The molecule has 1 atom stereocenters. The van der Waals surface area contributed by atoms with E-state index < -0.39 is 0 Å². The average molecular weight is 614 g/mol. The van der Waals surface area contributed by atoms with Gasteiger partial charge in [0.2, 0.25) is 0 Å². The summed E-state index contributed by atoms with van der Waals surface area (Å²) in [4.78, 5) is 22.4. The van der Waals surface area contributed by atoms with Crippen molar-refractivity contribution >= 4 is 54.0 Å². The monoisotopic (exact) mass is 613 g/mol. The molecule has 3 aromatic heterocycles. The van der Waals surface area contributed by atoms with E-state index in [-0.39, 0.29) is 0 Å². The highest BCUT2D eigenvalue weighted by Gasteiger charge is 2.25. The van der Waals surface area contributed by atoms with Crippen LogP contribution in [0.15, 0.2) is 115 Å². The summed E-state index contributed by atoms with van der Waals surface area (Å²) in [6.07, 6.45) is 17.8. The minimum atomic E-state index is 0.358. The lowest BCUT2D eigenvalue weighted by Crippen LogP contribution is -2.21. The second-order valence-electron chi connectivity index (χ2n) is 12.3. The fraction of sp³-hybridized carbons (Fsp3) is 0.150. The minimum absolute atomic E-state index is 0.358. The SMILES string of the molecule is CC1CC=CC=C1c1nc(C2=CC=CCC2)nc(-c2ccc3sc4ccc(N5Cc6ccccc6-c6ncccc65)cc4c3c2)n1. The zero-order valence-corrected chi connectivity index (χ0v) is 26.3. The number of nitrogens with zero attached hydrogens (tertiary/aromatic N) is 5. The summed E-state index contributed by atoms with van der Waals surface area (Å²) < 4.78 is 2.52. The predicted octanol–water partition coefficient (Wildman–Crippen LogP) is 10.3. The van der Waals surface area contributed by atoms with Gasteiger partial charge < -0.3 is 4.90 Å². The Kier molecular flexibility index (Phi) is 6.49. The Hall–Kier alpha value is -5.20. The van der Waals surface area contributed by atoms with Crippen molar-refractivity contribution in [2.24, 2.45) is 5.92 Å². The van der Waals surface area contributed by atoms with E-state index >= 15 is 0 Å². The van der Waals surface area contributed by atoms with Gasteiger partial charge in [-0.05, 0) is 84.8 Å². The summed E-state index contributed by atoms with van der Waals surface area (Å²) in [7, 11) is 0. The van der Waals surface area contributed by atoms with Gasteiger partial charge in [-0.15, -0.1) is 11.3 Å². The van der Waals surface area contributed by atoms with Crippen LogP contribution in [0.4, 0.5) is 11.4 Å². The van der Waals surface area contributed by atoms with E-state index in [1.54, 1.807) is 0 Å². The van der Waals surface area contributed by atoms with Crippen molar-refractivity contribution in [3.63, 3.8) is 0 Å². The van der Waals surface area contributed by atoms with Gasteiger partial charge in [-0.25, -0.2) is 15.0 Å². The number of thiophene rings is 1. The summed E-state index contributed by atoms with van der Waals surface area (Å²) in [6, 6.07) is 26.3. The maximum atomic E-state index is 5.10. The molecule has 1 unspecified atom stereocenters. The molecule has 0 spiro atoms. The van der Waals surface area contributed by atoms with Crippen molar-refractivity contribution in [3.05, 3.63) is 133 Å². The largest absolute Gasteiger partial charge is 0.335 e. The molecule has 46 heavy (non-hydrogen) atoms. The second kappa shape index (κ2) is 11.0. The highest BCUT2D eigenvalue weighted by atomic mass is 32.1. The highest BCUT2D eigenvalue weighted by molar-refractivity contribution is 7.25. The molecule has 0 saturated carbocycles. The standard InChI is InChI=1S/C40H31N5S/c1-25-10-5-7-14-30(25)40-43-38(26-11-3-2-4-12-26)42-39(44-40)27-17-19-35-32(22-27)33-23-29(18-20-36(33)46-35)45-24-28-13-6-8-15-31(28)37-34(45)16-9-21-41-37/h2-3,5-9,11,13-23,25H,4,10,12,24H2,1H3. The van der Waals surface area contributed by atoms with Crippen LogP contribution in [-0.2, 0) is 6.54 Å². The molecule has 0 saturated heterocycles. The van der Waals surface area contributed by atoms with Crippen molar-refractivity contribution in [2.75, 3.05) is 4.90 Å². The van der Waals surface area contributed by atoms with Gasteiger partial charge in [0.15, 0.2) is 17.5 Å². The molecule has 9 rings (SSSR count). The van der Waals surface area contributed by atoms with Crippen molar-refractivity contribution in [3.8, 4) is 22.6 Å². The highest BCUT2D eigenvalue weighted by Crippen LogP contribution is 2.44. The molecular weight excluding hydrogens is 583 g/mol. The van der Waals surface area contributed by atoms with Gasteiger partial charge >= 0.3 is 0 Å². The zero-order chi connectivity index (χ0) is 30.6. The molecule has 0 fully saturated rings. The average Bonchev–Trinajstić information content (AvgIpc) is 3.49. The van der Waals surface area contributed by atoms with Crippen molar-refractivity contribution < 1.29 is 0 Å². The van der Waals surface area contributed by atoms with E-state index in [1.807, 2.05) is 23.6 Å². The van der Waals surface area contributed by atoms with Crippen molar-refractivity contribution in [2.45, 2.75) is 32.7 Å². The third kappa shape index (κ3) is 4.60. The summed E-state index contributed by atoms with van der Waals surface area (Å²) in [6.45, 7) is 3.05. The number of rotatable bonds is 4. The molecule has 1 aliphatic heterocycles. The van der Waals surface area contributed by atoms with E-state index in [4.69, 9.17) is 19.9 Å². The molecule has 4 heterocycles. The minimum Gasteiger partial charge on any atom is -0.335 e. The quantitative estimate of drug-likeness (QED) is 0.198. The lowest BCUT2D eigenvalue weighted by Gasteiger charge is -2.32. The van der Waals surface area contributed by atoms with E-state index in [0.717, 1.165) is 71.5 Å². The predicted molar refractivity (Wildman–Crippen MR) is 191 cm³/mol. The van der Waals surface area contributed by atoms with Crippen molar-refractivity contribution in [1.82, 2.24) is 19.9 Å². The first-order valence-electron chi connectivity index (χ1n) is 16.0. The van der Waals surface area contributed by atoms with E-state index in [1.165, 1.54) is 36.9 Å². The summed E-state index contributed by atoms with van der Waals surface area (Å²) in [5.74, 6) is 2.64. The van der Waals surface area contributed by atoms with Crippen LogP contribution < -0.4 is 4.90 Å². The summed E-state index contributed by atoms with van der Waals surface area (Å²) in [5.41, 5.74) is 9.18. The molecule has 5 nitrogen and oxygen atoms in total. The normalized spacial score (nSPS) is 17.2. The molecule has 6 heteroatoms. The first-order chi connectivity index (χ1) is 22.7. The molecular formula is C40H31N5S. The number of allylic oxidation sites excluding steroid dienone is 8. The Labute approximate surface area is 272 Å². The molecule has 2 aliphatic carbocycles. The second-order valence-corrected chi connectivity index (χ2v) is 13.3. The van der Waals surface area contributed by atoms with Crippen LogP contribution in [-0.4, -0.2) is 19.9 Å². The van der Waals surface area contributed by atoms with Gasteiger partial charge in [-0.3, -0.25) is 4.98 Å². The van der Waals surface area contributed by atoms with Gasteiger partial charge in [0.25, 0.3) is 0 Å². The van der Waals surface area contributed by atoms with E-state index in [0.29, 0.717) is 5.92 Å². The Morgan fingerprint density at radius 1 is 0.783 bits per heavy atom. The molecule has 3 aromatic carbocycles. The van der Waals surface area contributed by atoms with Gasteiger partial charge in [0.05, 0.1) is 11.4 Å². The Morgan fingerprint density at radius 2 is 1.61 bits per heavy atom. The molecule has 3 aliphatic rings. The molecule has 222 valence electrons. The van der Waals surface area contributed by atoms with Crippen LogP contribution in [0, 0.1) is 5.92 Å². The third-order valence-corrected chi connectivity index (χ3v) is 10.5. The first-order valence-corrected chi connectivity index (χ1v) is 16.8. The first kappa shape index (κ1) is 27.1. The zero-order valence-electron chi connectivity index (χ0n) is 25.5. The van der Waals surface area contributed by atoms with Crippen LogP contribution in [0.5, 0.6) is 0 Å². The topological polar surface area (TPSA) is 54.8 Å². The smallest absolute Gasteiger partial charge is 0.164 e. The molecule has 0 N–H and O–H groups in total. The summed E-state index contributed by atoms with van der Waals surface area (Å²) in [5, 5.41) is 2.46. The number of anilines is 2. The fourth-order valence-electron chi connectivity index (χ4n) is 6.88. The molecule has 0 radical (unpaired) electrons. The molecule has 6 aromatic rings. The van der Waals surface area contributed by atoms with Gasteiger partial charge in [-0.2, -0.15) is 0 Å². The molecule has 0 amide bonds. The van der Waals surface area contributed by atoms with Gasteiger partial charge in [0.1, 0.15) is 0 Å². The fourth-order valence-corrected chi connectivity index (χ4v) is 7.94. The lowest BCUT2D eigenvalue weighted by molar-refractivity contribution is 0.745. The number of benzene rings is 3. The van der Waals surface area contributed by atoms with Crippen LogP contribution >= 0.6 is 11.3 Å². The van der Waals surface area contributed by atoms with Crippen LogP contribution in [0.1, 0.15) is 43.4 Å². The maximum Gasteiger partial charge on any atom is 0.164 e. The van der Waals surface area contributed by atoms with E-state index in [9.17, 15) is 0 Å². The number of pyridine rings is 1. The van der Waals surface area contributed by atoms with Crippen LogP contribution in [0.25, 0.3) is 54.0 Å². The van der Waals surface area contributed by atoms with Crippen molar-refractivity contribution in [1.29, 1.82) is 0 Å². The molecule has 0 bridgehead atoms. The number of fused-ring (bicyclic) bond motifs is 6.